The Bertz CT molecular complexity index is 920. The second kappa shape index (κ2) is 15.3. The number of carbonyl (C=O) groups excluding carboxylic acids is 2. The van der Waals surface area contributed by atoms with Gasteiger partial charge in [0.2, 0.25) is 0 Å². The highest BCUT2D eigenvalue weighted by molar-refractivity contribution is 5.70. The summed E-state index contributed by atoms with van der Waals surface area (Å²) in [7, 11) is 1.69. The average Bonchev–Trinajstić information content (AvgIpc) is 3.68. The van der Waals surface area contributed by atoms with E-state index in [9.17, 15) is 24.9 Å². The van der Waals surface area contributed by atoms with Crippen LogP contribution in [-0.2, 0) is 28.5 Å². The summed E-state index contributed by atoms with van der Waals surface area (Å²) in [4.78, 5) is 24.3. The lowest BCUT2D eigenvalue weighted by Crippen LogP contribution is -2.42. The highest BCUT2D eigenvalue weighted by Gasteiger charge is 2.50. The molecule has 2 rings (SSSR count). The Morgan fingerprint density at radius 3 is 2.52 bits per heavy atom. The number of esters is 2. The number of ether oxygens (including phenoxy) is 4. The minimum Gasteiger partial charge on any atom is -0.457 e. The molecular formula is C31H50O9. The first-order valence-electron chi connectivity index (χ1n) is 14.4. The molecule has 0 aromatic rings. The molecule has 0 aromatic carbocycles. The molecule has 1 fully saturated rings. The summed E-state index contributed by atoms with van der Waals surface area (Å²) in [6, 6.07) is 0. The average molecular weight is 567 g/mol. The molecule has 11 atom stereocenters. The molecule has 0 bridgehead atoms. The molecule has 1 saturated heterocycles. The highest BCUT2D eigenvalue weighted by Crippen LogP contribution is 2.37. The Hall–Kier alpha value is -2.04. The number of methoxy groups -OCH3 is 1. The largest absolute Gasteiger partial charge is 0.457 e. The number of hydrogen-bond donors (Lipinski definition) is 3. The van der Waals surface area contributed by atoms with Gasteiger partial charge in [0.15, 0.2) is 0 Å². The summed E-state index contributed by atoms with van der Waals surface area (Å²) in [5.74, 6) is -1.39. The van der Waals surface area contributed by atoms with Crippen LogP contribution in [0, 0.1) is 17.8 Å². The molecule has 2 aliphatic rings. The van der Waals surface area contributed by atoms with Gasteiger partial charge in [-0.3, -0.25) is 9.59 Å². The van der Waals surface area contributed by atoms with E-state index in [1.54, 1.807) is 26.2 Å². The van der Waals surface area contributed by atoms with E-state index in [2.05, 4.69) is 13.8 Å². The monoisotopic (exact) mass is 566 g/mol. The second-order valence-electron chi connectivity index (χ2n) is 11.7. The van der Waals surface area contributed by atoms with Crippen molar-refractivity contribution in [2.24, 2.45) is 17.8 Å². The maximum atomic E-state index is 12.6. The Labute approximate surface area is 239 Å². The van der Waals surface area contributed by atoms with E-state index in [-0.39, 0.29) is 55.3 Å². The maximum absolute atomic E-state index is 12.6. The molecule has 0 spiro atoms. The van der Waals surface area contributed by atoms with Crippen LogP contribution in [0.25, 0.3) is 0 Å². The number of epoxide rings is 1. The molecule has 0 aliphatic carbocycles. The topological polar surface area (TPSA) is 135 Å². The molecule has 9 heteroatoms. The molecule has 0 radical (unpaired) electrons. The number of hydrogen-bond acceptors (Lipinski definition) is 9. The Morgan fingerprint density at radius 1 is 1.25 bits per heavy atom. The molecule has 2 heterocycles. The Morgan fingerprint density at radius 2 is 1.93 bits per heavy atom. The van der Waals surface area contributed by atoms with Crippen LogP contribution in [0.15, 0.2) is 36.0 Å². The van der Waals surface area contributed by atoms with E-state index in [0.717, 1.165) is 12.0 Å². The lowest BCUT2D eigenvalue weighted by molar-refractivity contribution is -0.157. The van der Waals surface area contributed by atoms with E-state index in [4.69, 9.17) is 18.9 Å². The third-order valence-corrected chi connectivity index (χ3v) is 8.09. The van der Waals surface area contributed by atoms with Crippen LogP contribution in [0.5, 0.6) is 0 Å². The number of aliphatic hydroxyl groups is 3. The molecule has 0 unspecified atom stereocenters. The van der Waals surface area contributed by atoms with Crippen LogP contribution in [0.2, 0.25) is 0 Å². The van der Waals surface area contributed by atoms with Crippen molar-refractivity contribution in [3.05, 3.63) is 36.0 Å². The fraction of sp³-hybridized carbons (Fsp3) is 0.742. The minimum atomic E-state index is -1.42. The van der Waals surface area contributed by atoms with Crippen molar-refractivity contribution in [2.45, 2.75) is 122 Å². The van der Waals surface area contributed by atoms with Gasteiger partial charge in [-0.2, -0.15) is 0 Å². The van der Waals surface area contributed by atoms with Crippen LogP contribution in [-0.4, -0.2) is 82.7 Å². The van der Waals surface area contributed by atoms with Crippen LogP contribution in [0.4, 0.5) is 0 Å². The summed E-state index contributed by atoms with van der Waals surface area (Å²) >= 11 is 0. The zero-order chi connectivity index (χ0) is 30.2. The zero-order valence-corrected chi connectivity index (χ0v) is 25.3. The summed E-state index contributed by atoms with van der Waals surface area (Å²) in [6.45, 7) is 12.6. The van der Waals surface area contributed by atoms with Gasteiger partial charge in [-0.25, -0.2) is 0 Å². The maximum Gasteiger partial charge on any atom is 0.309 e. The summed E-state index contributed by atoms with van der Waals surface area (Å²) in [6.07, 6.45) is 6.42. The van der Waals surface area contributed by atoms with Crippen LogP contribution >= 0.6 is 0 Å². The summed E-state index contributed by atoms with van der Waals surface area (Å²) in [5, 5.41) is 32.2. The minimum absolute atomic E-state index is 0.0387. The lowest BCUT2D eigenvalue weighted by atomic mass is 9.88. The number of rotatable bonds is 10. The number of allylic oxidation sites excluding steroid dienone is 2. The van der Waals surface area contributed by atoms with E-state index in [1.165, 1.54) is 6.92 Å². The van der Waals surface area contributed by atoms with Crippen molar-refractivity contribution >= 4 is 11.9 Å². The first kappa shape index (κ1) is 34.2. The van der Waals surface area contributed by atoms with E-state index < -0.39 is 42.0 Å². The lowest BCUT2D eigenvalue weighted by Gasteiger charge is -2.32. The summed E-state index contributed by atoms with van der Waals surface area (Å²) < 4.78 is 22.5. The quantitative estimate of drug-likeness (QED) is 0.157. The fourth-order valence-corrected chi connectivity index (χ4v) is 5.32. The smallest absolute Gasteiger partial charge is 0.309 e. The van der Waals surface area contributed by atoms with Gasteiger partial charge in [-0.05, 0) is 44.8 Å². The standard InChI is InChI=1S/C31H50O9/c1-9-24(37-8)21(5)29-30(40-29)27(35)18(2)11-10-12-19(3)28-20(4)13-14-25(38-22(6)32)31(7,36)16-15-23(33)17-26(34)39-28/h10-14,18,20-21,23-25,27-30,33,35-36H,9,15-17H2,1-8H3/t18-,20+,21-,23-,24+,25+,27+,28-,29-,30-,31-/m1/s1. The van der Waals surface area contributed by atoms with Gasteiger partial charge in [0.05, 0.1) is 30.8 Å². The van der Waals surface area contributed by atoms with Crippen LogP contribution < -0.4 is 0 Å². The fourth-order valence-electron chi connectivity index (χ4n) is 5.32. The van der Waals surface area contributed by atoms with E-state index in [1.807, 2.05) is 39.0 Å². The van der Waals surface area contributed by atoms with Crippen molar-refractivity contribution < 1.29 is 43.9 Å². The van der Waals surface area contributed by atoms with Crippen LogP contribution in [0.3, 0.4) is 0 Å². The number of carbonyl (C=O) groups is 2. The molecule has 228 valence electrons. The molecule has 0 saturated carbocycles. The third-order valence-electron chi connectivity index (χ3n) is 8.09. The molecular weight excluding hydrogens is 516 g/mol. The molecule has 0 aromatic heterocycles. The number of aliphatic hydroxyl groups excluding tert-OH is 2. The van der Waals surface area contributed by atoms with Crippen molar-refractivity contribution in [3.63, 3.8) is 0 Å². The first-order chi connectivity index (χ1) is 18.7. The molecule has 40 heavy (non-hydrogen) atoms. The molecule has 2 aliphatic heterocycles. The molecule has 9 nitrogen and oxygen atoms in total. The van der Waals surface area contributed by atoms with Gasteiger partial charge in [0, 0.05) is 31.8 Å². The molecule has 3 N–H and O–H groups in total. The van der Waals surface area contributed by atoms with Crippen molar-refractivity contribution in [1.29, 1.82) is 0 Å². The van der Waals surface area contributed by atoms with E-state index in [0.29, 0.717) is 0 Å². The number of cyclic esters (lactones) is 1. The molecule has 0 amide bonds. The van der Waals surface area contributed by atoms with Gasteiger partial charge in [-0.1, -0.05) is 52.0 Å². The van der Waals surface area contributed by atoms with Gasteiger partial charge in [0.1, 0.15) is 23.9 Å². The van der Waals surface area contributed by atoms with Gasteiger partial charge >= 0.3 is 11.9 Å². The van der Waals surface area contributed by atoms with Crippen molar-refractivity contribution in [2.75, 3.05) is 7.11 Å². The van der Waals surface area contributed by atoms with Crippen molar-refractivity contribution in [3.8, 4) is 0 Å². The highest BCUT2D eigenvalue weighted by atomic mass is 16.6. The SMILES string of the molecule is CC[C@H](OC)[C@@H](C)[C@H]1O[C@@H]1[C@@H](O)[C@H](C)C=CC=C(C)[C@H]1OC(=O)C[C@H](O)CC[C@@](C)(O)[C@@H](OC(C)=O)C=C[C@@H]1C. The Balaban J connectivity index is 2.16. The second-order valence-corrected chi connectivity index (χ2v) is 11.7. The normalized spacial score (nSPS) is 35.2. The summed E-state index contributed by atoms with van der Waals surface area (Å²) in [5.41, 5.74) is -0.666. The van der Waals surface area contributed by atoms with Gasteiger partial charge in [0.25, 0.3) is 0 Å². The van der Waals surface area contributed by atoms with E-state index >= 15 is 0 Å². The van der Waals surface area contributed by atoms with Gasteiger partial charge in [-0.15, -0.1) is 0 Å². The first-order valence-corrected chi connectivity index (χ1v) is 14.4. The zero-order valence-electron chi connectivity index (χ0n) is 25.3. The predicted molar refractivity (Wildman–Crippen MR) is 151 cm³/mol. The van der Waals surface area contributed by atoms with Gasteiger partial charge < -0.3 is 34.3 Å². The van der Waals surface area contributed by atoms with Crippen LogP contribution in [0.1, 0.15) is 74.1 Å². The van der Waals surface area contributed by atoms with Crippen molar-refractivity contribution in [1.82, 2.24) is 0 Å². The third kappa shape index (κ3) is 9.80. The predicted octanol–water partition coefficient (Wildman–Crippen LogP) is 3.65. The Kier molecular flexibility index (Phi) is 13.0.